The molecular formula is C27H33N7O2. The third kappa shape index (κ3) is 3.83. The van der Waals surface area contributed by atoms with Gasteiger partial charge in [0, 0.05) is 39.3 Å². The zero-order valence-corrected chi connectivity index (χ0v) is 20.7. The summed E-state index contributed by atoms with van der Waals surface area (Å²) in [4.78, 5) is 36.8. The lowest BCUT2D eigenvalue weighted by molar-refractivity contribution is 0.0950. The van der Waals surface area contributed by atoms with Gasteiger partial charge < -0.3 is 25.4 Å². The fraction of sp³-hybridized carbons (Fsp3) is 0.444. The van der Waals surface area contributed by atoms with Crippen molar-refractivity contribution < 1.29 is 4.79 Å². The number of anilines is 1. The molecule has 1 amide bonds. The maximum absolute atomic E-state index is 13.8. The first-order valence-electron chi connectivity index (χ1n) is 13.0. The van der Waals surface area contributed by atoms with Crippen molar-refractivity contribution in [1.29, 1.82) is 0 Å². The van der Waals surface area contributed by atoms with Crippen LogP contribution in [0.2, 0.25) is 0 Å². The molecule has 3 aromatic heterocycles. The molecule has 0 radical (unpaired) electrons. The van der Waals surface area contributed by atoms with Gasteiger partial charge in [-0.15, -0.1) is 0 Å². The number of piperidine rings is 1. The number of imidazole rings is 1. The van der Waals surface area contributed by atoms with E-state index in [4.69, 9.17) is 10.7 Å². The SMILES string of the molecule is Cn1c2ccccc2n2c3nc(N4CCC(N)CC4)ccc3c(=O)c(C(=O)NCCN3CCCC3)c12. The summed E-state index contributed by atoms with van der Waals surface area (Å²) < 4.78 is 3.90. The number of para-hydroxylation sites is 2. The average Bonchev–Trinajstić information content (AvgIpc) is 3.51. The maximum atomic E-state index is 13.8. The van der Waals surface area contributed by atoms with Crippen LogP contribution >= 0.6 is 0 Å². The summed E-state index contributed by atoms with van der Waals surface area (Å²) in [6, 6.07) is 11.9. The molecule has 0 aliphatic carbocycles. The van der Waals surface area contributed by atoms with Crippen LogP contribution in [0.4, 0.5) is 5.82 Å². The van der Waals surface area contributed by atoms with Gasteiger partial charge in [0.05, 0.1) is 16.4 Å². The van der Waals surface area contributed by atoms with Crippen LogP contribution in [0.25, 0.3) is 27.7 Å². The van der Waals surface area contributed by atoms with Crippen molar-refractivity contribution in [1.82, 2.24) is 24.2 Å². The number of amides is 1. The zero-order chi connectivity index (χ0) is 24.8. The first kappa shape index (κ1) is 23.0. The first-order chi connectivity index (χ1) is 17.5. The molecule has 5 heterocycles. The molecule has 3 N–H and O–H groups in total. The van der Waals surface area contributed by atoms with Crippen LogP contribution < -0.4 is 21.4 Å². The van der Waals surface area contributed by atoms with E-state index in [-0.39, 0.29) is 22.9 Å². The summed E-state index contributed by atoms with van der Waals surface area (Å²) in [6.07, 6.45) is 4.24. The van der Waals surface area contributed by atoms with Crippen molar-refractivity contribution in [3.8, 4) is 0 Å². The van der Waals surface area contributed by atoms with E-state index in [1.807, 2.05) is 52.4 Å². The summed E-state index contributed by atoms with van der Waals surface area (Å²) in [5.74, 6) is 0.497. The highest BCUT2D eigenvalue weighted by atomic mass is 16.2. The van der Waals surface area contributed by atoms with Crippen LogP contribution in [-0.2, 0) is 7.05 Å². The largest absolute Gasteiger partial charge is 0.356 e. The van der Waals surface area contributed by atoms with Gasteiger partial charge in [-0.25, -0.2) is 4.98 Å². The Morgan fingerprint density at radius 3 is 2.53 bits per heavy atom. The molecule has 1 aromatic carbocycles. The highest BCUT2D eigenvalue weighted by Crippen LogP contribution is 2.27. The number of carbonyl (C=O) groups is 1. The molecule has 0 spiro atoms. The summed E-state index contributed by atoms with van der Waals surface area (Å²) in [5, 5.41) is 3.46. The van der Waals surface area contributed by atoms with Crippen molar-refractivity contribution in [3.05, 3.63) is 52.2 Å². The highest BCUT2D eigenvalue weighted by Gasteiger charge is 2.25. The molecule has 9 heteroatoms. The third-order valence-corrected chi connectivity index (χ3v) is 7.78. The van der Waals surface area contributed by atoms with Crippen LogP contribution in [0, 0.1) is 0 Å². The quantitative estimate of drug-likeness (QED) is 0.447. The molecule has 188 valence electrons. The topological polar surface area (TPSA) is 101 Å². The maximum Gasteiger partial charge on any atom is 0.259 e. The van der Waals surface area contributed by atoms with Crippen molar-refractivity contribution >= 4 is 39.4 Å². The van der Waals surface area contributed by atoms with E-state index in [0.717, 1.165) is 62.4 Å². The Hall–Kier alpha value is -3.43. The van der Waals surface area contributed by atoms with Crippen molar-refractivity contribution in [2.75, 3.05) is 44.2 Å². The number of nitrogens with zero attached hydrogens (tertiary/aromatic N) is 5. The van der Waals surface area contributed by atoms with Crippen molar-refractivity contribution in [2.45, 2.75) is 31.7 Å². The number of pyridine rings is 2. The fourth-order valence-corrected chi connectivity index (χ4v) is 5.76. The number of nitrogens with two attached hydrogens (primary N) is 1. The van der Waals surface area contributed by atoms with E-state index >= 15 is 0 Å². The minimum Gasteiger partial charge on any atom is -0.356 e. The van der Waals surface area contributed by atoms with Gasteiger partial charge in [0.2, 0.25) is 5.43 Å². The lowest BCUT2D eigenvalue weighted by Gasteiger charge is -2.31. The first-order valence-corrected chi connectivity index (χ1v) is 13.0. The summed E-state index contributed by atoms with van der Waals surface area (Å²) >= 11 is 0. The molecule has 0 bridgehead atoms. The van der Waals surface area contributed by atoms with E-state index in [0.29, 0.717) is 23.2 Å². The normalized spacial score (nSPS) is 17.6. The second-order valence-electron chi connectivity index (χ2n) is 10.1. The highest BCUT2D eigenvalue weighted by molar-refractivity contribution is 6.05. The second kappa shape index (κ2) is 9.22. The predicted molar refractivity (Wildman–Crippen MR) is 143 cm³/mol. The molecule has 2 aliphatic rings. The average molecular weight is 488 g/mol. The van der Waals surface area contributed by atoms with E-state index in [9.17, 15) is 9.59 Å². The Balaban J connectivity index is 1.49. The van der Waals surface area contributed by atoms with E-state index < -0.39 is 0 Å². The van der Waals surface area contributed by atoms with Gasteiger partial charge in [-0.1, -0.05) is 12.1 Å². The molecule has 0 atom stereocenters. The molecule has 0 saturated carbocycles. The van der Waals surface area contributed by atoms with Crippen LogP contribution in [0.5, 0.6) is 0 Å². The summed E-state index contributed by atoms with van der Waals surface area (Å²) in [6.45, 7) is 5.12. The minimum absolute atomic E-state index is 0.168. The van der Waals surface area contributed by atoms with Crippen molar-refractivity contribution in [2.24, 2.45) is 12.8 Å². The number of rotatable bonds is 5. The molecule has 2 aliphatic heterocycles. The summed E-state index contributed by atoms with van der Waals surface area (Å²) in [5.41, 5.74) is 8.98. The smallest absolute Gasteiger partial charge is 0.259 e. The van der Waals surface area contributed by atoms with E-state index in [1.165, 1.54) is 12.8 Å². The van der Waals surface area contributed by atoms with Crippen LogP contribution in [0.1, 0.15) is 36.0 Å². The van der Waals surface area contributed by atoms with E-state index in [2.05, 4.69) is 15.1 Å². The van der Waals surface area contributed by atoms with Gasteiger partial charge in [0.15, 0.2) is 5.65 Å². The Bertz CT molecular complexity index is 1510. The Kier molecular flexibility index (Phi) is 5.89. The molecule has 2 saturated heterocycles. The molecule has 2 fully saturated rings. The number of nitrogens with one attached hydrogen (secondary N) is 1. The fourth-order valence-electron chi connectivity index (χ4n) is 5.76. The van der Waals surface area contributed by atoms with E-state index in [1.54, 1.807) is 0 Å². The van der Waals surface area contributed by atoms with Gasteiger partial charge in [-0.3, -0.25) is 14.0 Å². The standard InChI is InChI=1S/C27H33N7O2/c1-31-20-6-2-3-7-21(20)34-25-19(8-9-22(30-25)33-15-10-18(28)11-16-33)24(35)23(27(31)34)26(36)29-12-17-32-13-4-5-14-32/h2-3,6-9,18H,4-5,10-17,28H2,1H3,(H,29,36). The number of hydrogen-bond donors (Lipinski definition) is 2. The van der Waals surface area contributed by atoms with Gasteiger partial charge in [-0.2, -0.15) is 0 Å². The molecule has 6 rings (SSSR count). The van der Waals surface area contributed by atoms with Gasteiger partial charge in [-0.05, 0) is 63.0 Å². The Labute approximate surface area is 209 Å². The van der Waals surface area contributed by atoms with Crippen LogP contribution in [0.3, 0.4) is 0 Å². The van der Waals surface area contributed by atoms with Gasteiger partial charge >= 0.3 is 0 Å². The third-order valence-electron chi connectivity index (χ3n) is 7.78. The number of aromatic nitrogens is 3. The molecule has 9 nitrogen and oxygen atoms in total. The molecule has 4 aromatic rings. The lowest BCUT2D eigenvalue weighted by Crippen LogP contribution is -2.40. The van der Waals surface area contributed by atoms with Gasteiger partial charge in [0.25, 0.3) is 5.91 Å². The van der Waals surface area contributed by atoms with Crippen LogP contribution in [0.15, 0.2) is 41.2 Å². The molecule has 36 heavy (non-hydrogen) atoms. The monoisotopic (exact) mass is 487 g/mol. The number of hydrogen-bond acceptors (Lipinski definition) is 6. The van der Waals surface area contributed by atoms with Crippen LogP contribution in [-0.4, -0.2) is 70.1 Å². The second-order valence-corrected chi connectivity index (χ2v) is 10.1. The number of aryl methyl sites for hydroxylation is 1. The summed E-state index contributed by atoms with van der Waals surface area (Å²) in [7, 11) is 1.90. The minimum atomic E-state index is -0.335. The lowest BCUT2D eigenvalue weighted by atomic mass is 10.1. The van der Waals surface area contributed by atoms with Crippen molar-refractivity contribution in [3.63, 3.8) is 0 Å². The van der Waals surface area contributed by atoms with Gasteiger partial charge in [0.1, 0.15) is 17.0 Å². The number of likely N-dealkylation sites (tertiary alicyclic amines) is 1. The number of benzene rings is 1. The number of fused-ring (bicyclic) bond motifs is 5. The zero-order valence-electron chi connectivity index (χ0n) is 20.7. The Morgan fingerprint density at radius 2 is 1.78 bits per heavy atom. The molecule has 0 unspecified atom stereocenters. The Morgan fingerprint density at radius 1 is 1.06 bits per heavy atom. The predicted octanol–water partition coefficient (Wildman–Crippen LogP) is 2.09. The number of carbonyl (C=O) groups excluding carboxylic acids is 1. The molecular weight excluding hydrogens is 454 g/mol.